The van der Waals surface area contributed by atoms with Crippen LogP contribution in [0.3, 0.4) is 0 Å². The molecule has 3 nitrogen and oxygen atoms in total. The standard InChI is InChI=1S/C14H28N2O.ClH/c1-3-5-7-11(4-2)14(17)16-13-9-6-8-12(13)10-15;/h11-13H,3-10,15H2,1-2H3,(H,16,17);1H. The third kappa shape index (κ3) is 5.15. The first-order valence-corrected chi connectivity index (χ1v) is 7.23. The summed E-state index contributed by atoms with van der Waals surface area (Å²) in [5.74, 6) is 0.961. The predicted molar refractivity (Wildman–Crippen MR) is 78.9 cm³/mol. The number of carbonyl (C=O) groups is 1. The number of halogens is 1. The molecule has 0 aromatic heterocycles. The lowest BCUT2D eigenvalue weighted by Gasteiger charge is -2.22. The van der Waals surface area contributed by atoms with Gasteiger partial charge in [0.2, 0.25) is 5.91 Å². The smallest absolute Gasteiger partial charge is 0.223 e. The van der Waals surface area contributed by atoms with Gasteiger partial charge in [0.25, 0.3) is 0 Å². The maximum absolute atomic E-state index is 12.1. The zero-order chi connectivity index (χ0) is 12.7. The van der Waals surface area contributed by atoms with Crippen LogP contribution in [0.5, 0.6) is 0 Å². The van der Waals surface area contributed by atoms with Gasteiger partial charge < -0.3 is 11.1 Å². The van der Waals surface area contributed by atoms with Crippen LogP contribution in [0.4, 0.5) is 0 Å². The summed E-state index contributed by atoms with van der Waals surface area (Å²) in [6.07, 6.45) is 7.78. The van der Waals surface area contributed by atoms with E-state index >= 15 is 0 Å². The van der Waals surface area contributed by atoms with E-state index in [1.165, 1.54) is 19.3 Å². The van der Waals surface area contributed by atoms with Gasteiger partial charge in [-0.25, -0.2) is 0 Å². The highest BCUT2D eigenvalue weighted by Gasteiger charge is 2.28. The van der Waals surface area contributed by atoms with Crippen LogP contribution in [0.25, 0.3) is 0 Å². The van der Waals surface area contributed by atoms with Gasteiger partial charge in [0.15, 0.2) is 0 Å². The fraction of sp³-hybridized carbons (Fsp3) is 0.929. The van der Waals surface area contributed by atoms with E-state index in [0.29, 0.717) is 18.5 Å². The van der Waals surface area contributed by atoms with E-state index in [9.17, 15) is 4.79 Å². The Labute approximate surface area is 118 Å². The molecule has 0 radical (unpaired) electrons. The molecule has 4 heteroatoms. The molecule has 3 unspecified atom stereocenters. The van der Waals surface area contributed by atoms with Crippen molar-refractivity contribution >= 4 is 18.3 Å². The third-order valence-electron chi connectivity index (χ3n) is 4.06. The second-order valence-corrected chi connectivity index (χ2v) is 5.29. The number of rotatable bonds is 7. The van der Waals surface area contributed by atoms with Gasteiger partial charge in [-0.2, -0.15) is 0 Å². The Kier molecular flexibility index (Phi) is 9.47. The molecule has 1 amide bonds. The second-order valence-electron chi connectivity index (χ2n) is 5.29. The fourth-order valence-corrected chi connectivity index (χ4v) is 2.78. The minimum Gasteiger partial charge on any atom is -0.353 e. The Morgan fingerprint density at radius 2 is 2.11 bits per heavy atom. The molecule has 1 saturated carbocycles. The number of nitrogens with two attached hydrogens (primary N) is 1. The van der Waals surface area contributed by atoms with Crippen molar-refractivity contribution < 1.29 is 4.79 Å². The van der Waals surface area contributed by atoms with Crippen LogP contribution < -0.4 is 11.1 Å². The zero-order valence-corrected chi connectivity index (χ0v) is 12.6. The summed E-state index contributed by atoms with van der Waals surface area (Å²) >= 11 is 0. The highest BCUT2D eigenvalue weighted by molar-refractivity contribution is 5.85. The summed E-state index contributed by atoms with van der Waals surface area (Å²) < 4.78 is 0. The highest BCUT2D eigenvalue weighted by atomic mass is 35.5. The molecule has 1 rings (SSSR count). The van der Waals surface area contributed by atoms with Crippen LogP contribution in [0.15, 0.2) is 0 Å². The minimum absolute atomic E-state index is 0. The van der Waals surface area contributed by atoms with E-state index in [4.69, 9.17) is 5.73 Å². The van der Waals surface area contributed by atoms with Crippen LogP contribution in [0, 0.1) is 11.8 Å². The lowest BCUT2D eigenvalue weighted by molar-refractivity contribution is -0.126. The van der Waals surface area contributed by atoms with Gasteiger partial charge >= 0.3 is 0 Å². The van der Waals surface area contributed by atoms with Crippen molar-refractivity contribution in [2.75, 3.05) is 6.54 Å². The fourth-order valence-electron chi connectivity index (χ4n) is 2.78. The van der Waals surface area contributed by atoms with Crippen LogP contribution >= 0.6 is 12.4 Å². The van der Waals surface area contributed by atoms with E-state index in [1.54, 1.807) is 0 Å². The summed E-state index contributed by atoms with van der Waals surface area (Å²) in [6.45, 7) is 4.98. The molecular formula is C14H29ClN2O. The molecule has 0 aliphatic heterocycles. The molecule has 0 saturated heterocycles. The Morgan fingerprint density at radius 1 is 1.39 bits per heavy atom. The van der Waals surface area contributed by atoms with Gasteiger partial charge in [0.05, 0.1) is 0 Å². The minimum atomic E-state index is 0. The second kappa shape index (κ2) is 9.62. The largest absolute Gasteiger partial charge is 0.353 e. The Hall–Kier alpha value is -0.280. The molecule has 0 spiro atoms. The first kappa shape index (κ1) is 17.7. The molecule has 3 N–H and O–H groups in total. The van der Waals surface area contributed by atoms with Crippen LogP contribution in [-0.4, -0.2) is 18.5 Å². The van der Waals surface area contributed by atoms with Crippen LogP contribution in [0.2, 0.25) is 0 Å². The first-order chi connectivity index (χ1) is 8.22. The summed E-state index contributed by atoms with van der Waals surface area (Å²) in [4.78, 5) is 12.1. The molecule has 0 aromatic rings. The number of hydrogen-bond donors (Lipinski definition) is 2. The Balaban J connectivity index is 0.00000289. The molecular weight excluding hydrogens is 248 g/mol. The lowest BCUT2D eigenvalue weighted by atomic mass is 9.96. The molecule has 0 bridgehead atoms. The van der Waals surface area contributed by atoms with Gasteiger partial charge in [0.1, 0.15) is 0 Å². The van der Waals surface area contributed by atoms with Gasteiger partial charge in [-0.1, -0.05) is 33.1 Å². The SMILES string of the molecule is CCCCC(CC)C(=O)NC1CCCC1CN.Cl. The lowest BCUT2D eigenvalue weighted by Crippen LogP contribution is -2.42. The molecule has 0 heterocycles. The molecule has 1 aliphatic rings. The van der Waals surface area contributed by atoms with E-state index in [0.717, 1.165) is 25.7 Å². The van der Waals surface area contributed by atoms with Crippen molar-refractivity contribution in [1.82, 2.24) is 5.32 Å². The van der Waals surface area contributed by atoms with E-state index in [-0.39, 0.29) is 24.2 Å². The molecule has 1 fully saturated rings. The number of carbonyl (C=O) groups excluding carboxylic acids is 1. The number of hydrogen-bond acceptors (Lipinski definition) is 2. The zero-order valence-electron chi connectivity index (χ0n) is 11.8. The van der Waals surface area contributed by atoms with Crippen LogP contribution in [0.1, 0.15) is 58.8 Å². The van der Waals surface area contributed by atoms with E-state index in [2.05, 4.69) is 19.2 Å². The van der Waals surface area contributed by atoms with Crippen molar-refractivity contribution in [3.8, 4) is 0 Å². The quantitative estimate of drug-likeness (QED) is 0.751. The van der Waals surface area contributed by atoms with Gasteiger partial charge in [-0.3, -0.25) is 4.79 Å². The maximum atomic E-state index is 12.1. The average Bonchev–Trinajstić information content (AvgIpc) is 2.77. The average molecular weight is 277 g/mol. The van der Waals surface area contributed by atoms with Gasteiger partial charge in [-0.05, 0) is 38.1 Å². The van der Waals surface area contributed by atoms with Crippen molar-refractivity contribution in [3.05, 3.63) is 0 Å². The Morgan fingerprint density at radius 3 is 2.67 bits per heavy atom. The summed E-state index contributed by atoms with van der Waals surface area (Å²) in [7, 11) is 0. The summed E-state index contributed by atoms with van der Waals surface area (Å²) in [5, 5.41) is 3.22. The summed E-state index contributed by atoms with van der Waals surface area (Å²) in [5.41, 5.74) is 5.74. The van der Waals surface area contributed by atoms with Gasteiger partial charge in [0, 0.05) is 12.0 Å². The maximum Gasteiger partial charge on any atom is 0.223 e. The molecule has 18 heavy (non-hydrogen) atoms. The normalized spacial score (nSPS) is 24.4. The van der Waals surface area contributed by atoms with Crippen LogP contribution in [-0.2, 0) is 4.79 Å². The predicted octanol–water partition coefficient (Wildman–Crippen LogP) is 2.87. The van der Waals surface area contributed by atoms with Crippen molar-refractivity contribution in [1.29, 1.82) is 0 Å². The van der Waals surface area contributed by atoms with E-state index in [1.807, 2.05) is 0 Å². The molecule has 0 aromatic carbocycles. The Bertz CT molecular complexity index is 236. The third-order valence-corrected chi connectivity index (χ3v) is 4.06. The van der Waals surface area contributed by atoms with Crippen molar-refractivity contribution in [3.63, 3.8) is 0 Å². The molecule has 3 atom stereocenters. The topological polar surface area (TPSA) is 55.1 Å². The summed E-state index contributed by atoms with van der Waals surface area (Å²) in [6, 6.07) is 0.336. The van der Waals surface area contributed by atoms with E-state index < -0.39 is 0 Å². The number of unbranched alkanes of at least 4 members (excludes halogenated alkanes) is 1. The van der Waals surface area contributed by atoms with Crippen molar-refractivity contribution in [2.24, 2.45) is 17.6 Å². The number of amides is 1. The van der Waals surface area contributed by atoms with Gasteiger partial charge in [-0.15, -0.1) is 12.4 Å². The molecule has 1 aliphatic carbocycles. The van der Waals surface area contributed by atoms with Crippen molar-refractivity contribution in [2.45, 2.75) is 64.8 Å². The molecule has 108 valence electrons. The first-order valence-electron chi connectivity index (χ1n) is 7.23. The number of nitrogens with one attached hydrogen (secondary N) is 1. The highest BCUT2D eigenvalue weighted by Crippen LogP contribution is 2.25. The monoisotopic (exact) mass is 276 g/mol.